The third kappa shape index (κ3) is 3.72. The molecule has 1 aromatic rings. The van der Waals surface area contributed by atoms with Crippen LogP contribution in [-0.4, -0.2) is 24.0 Å². The third-order valence-electron chi connectivity index (χ3n) is 3.20. The Morgan fingerprint density at radius 2 is 2.33 bits per heavy atom. The van der Waals surface area contributed by atoms with Crippen molar-refractivity contribution in [1.29, 1.82) is 0 Å². The van der Waals surface area contributed by atoms with Gasteiger partial charge in [-0.3, -0.25) is 9.78 Å². The van der Waals surface area contributed by atoms with E-state index in [0.29, 0.717) is 5.56 Å². The third-order valence-corrected chi connectivity index (χ3v) is 3.20. The highest BCUT2D eigenvalue weighted by Crippen LogP contribution is 2.33. The molecule has 1 amide bonds. The van der Waals surface area contributed by atoms with Crippen molar-refractivity contribution in [1.82, 2.24) is 10.3 Å². The molecule has 0 aliphatic heterocycles. The van der Waals surface area contributed by atoms with Crippen molar-refractivity contribution in [3.05, 3.63) is 24.0 Å². The number of carbonyl (C=O) groups is 1. The van der Waals surface area contributed by atoms with Crippen LogP contribution in [-0.2, 0) is 0 Å². The number of amides is 1. The summed E-state index contributed by atoms with van der Waals surface area (Å²) in [6, 6.07) is 1.76. The van der Waals surface area contributed by atoms with Crippen molar-refractivity contribution in [3.63, 3.8) is 0 Å². The van der Waals surface area contributed by atoms with E-state index in [9.17, 15) is 4.79 Å². The summed E-state index contributed by atoms with van der Waals surface area (Å²) in [6.07, 6.45) is 8.43. The molecule has 1 fully saturated rings. The first kappa shape index (κ1) is 12.9. The van der Waals surface area contributed by atoms with Crippen molar-refractivity contribution in [2.75, 3.05) is 18.4 Å². The highest BCUT2D eigenvalue weighted by Gasteiger charge is 2.20. The van der Waals surface area contributed by atoms with Gasteiger partial charge in [0.05, 0.1) is 17.4 Å². The van der Waals surface area contributed by atoms with E-state index in [1.54, 1.807) is 18.5 Å². The van der Waals surface area contributed by atoms with Crippen LogP contribution in [0.15, 0.2) is 18.5 Å². The molecule has 1 heterocycles. The molecule has 1 saturated carbocycles. The lowest BCUT2D eigenvalue weighted by molar-refractivity contribution is 0.0953. The molecular formula is C14H21N3O. The standard InChI is InChI=1S/C14H21N3O/c1-2-16-13-10-15-9-7-12(13)14(18)17-8-3-4-11-5-6-11/h7,9-11,16H,2-6,8H2,1H3,(H,17,18). The minimum absolute atomic E-state index is 0.0100. The van der Waals surface area contributed by atoms with Gasteiger partial charge in [0.25, 0.3) is 5.91 Å². The Balaban J connectivity index is 1.82. The van der Waals surface area contributed by atoms with Gasteiger partial charge in [0.1, 0.15) is 0 Å². The summed E-state index contributed by atoms with van der Waals surface area (Å²) in [5.41, 5.74) is 1.48. The lowest BCUT2D eigenvalue weighted by Gasteiger charge is -2.10. The van der Waals surface area contributed by atoms with Crippen LogP contribution in [0.1, 0.15) is 43.0 Å². The first-order valence-corrected chi connectivity index (χ1v) is 6.77. The van der Waals surface area contributed by atoms with Crippen LogP contribution in [0.25, 0.3) is 0 Å². The fourth-order valence-electron chi connectivity index (χ4n) is 2.02. The molecule has 4 nitrogen and oxygen atoms in total. The van der Waals surface area contributed by atoms with E-state index in [1.807, 2.05) is 6.92 Å². The molecule has 0 saturated heterocycles. The number of pyridine rings is 1. The SMILES string of the molecule is CCNc1cnccc1C(=O)NCCCC1CC1. The smallest absolute Gasteiger partial charge is 0.253 e. The maximum Gasteiger partial charge on any atom is 0.253 e. The Hall–Kier alpha value is -1.58. The number of hydrogen-bond acceptors (Lipinski definition) is 3. The molecule has 0 radical (unpaired) electrons. The van der Waals surface area contributed by atoms with E-state index in [0.717, 1.165) is 31.1 Å². The zero-order valence-corrected chi connectivity index (χ0v) is 10.9. The van der Waals surface area contributed by atoms with Gasteiger partial charge >= 0.3 is 0 Å². The molecular weight excluding hydrogens is 226 g/mol. The van der Waals surface area contributed by atoms with Crippen LogP contribution in [0.3, 0.4) is 0 Å². The Morgan fingerprint density at radius 1 is 1.50 bits per heavy atom. The summed E-state index contributed by atoms with van der Waals surface area (Å²) < 4.78 is 0. The number of aromatic nitrogens is 1. The van der Waals surface area contributed by atoms with E-state index in [-0.39, 0.29) is 5.91 Å². The average molecular weight is 247 g/mol. The van der Waals surface area contributed by atoms with Gasteiger partial charge in [-0.15, -0.1) is 0 Å². The fraction of sp³-hybridized carbons (Fsp3) is 0.571. The molecule has 0 bridgehead atoms. The Morgan fingerprint density at radius 3 is 3.06 bits per heavy atom. The van der Waals surface area contributed by atoms with Gasteiger partial charge in [-0.2, -0.15) is 0 Å². The predicted molar refractivity (Wildman–Crippen MR) is 72.7 cm³/mol. The summed E-state index contributed by atoms with van der Waals surface area (Å²) in [6.45, 7) is 3.56. The molecule has 1 aliphatic rings. The summed E-state index contributed by atoms with van der Waals surface area (Å²) in [4.78, 5) is 16.1. The molecule has 98 valence electrons. The molecule has 0 atom stereocenters. The minimum Gasteiger partial charge on any atom is -0.383 e. The first-order valence-electron chi connectivity index (χ1n) is 6.77. The van der Waals surface area contributed by atoms with Crippen molar-refractivity contribution >= 4 is 11.6 Å². The van der Waals surface area contributed by atoms with Crippen LogP contribution in [0.4, 0.5) is 5.69 Å². The number of rotatable bonds is 7. The molecule has 1 aliphatic carbocycles. The zero-order valence-electron chi connectivity index (χ0n) is 10.9. The maximum atomic E-state index is 12.0. The lowest BCUT2D eigenvalue weighted by atomic mass is 10.2. The normalized spacial score (nSPS) is 14.3. The van der Waals surface area contributed by atoms with Gasteiger partial charge in [-0.1, -0.05) is 12.8 Å². The first-order chi connectivity index (χ1) is 8.81. The zero-order chi connectivity index (χ0) is 12.8. The van der Waals surface area contributed by atoms with E-state index in [2.05, 4.69) is 15.6 Å². The van der Waals surface area contributed by atoms with Gasteiger partial charge in [-0.05, 0) is 31.7 Å². The number of anilines is 1. The average Bonchev–Trinajstić information content (AvgIpc) is 3.19. The second-order valence-corrected chi connectivity index (χ2v) is 4.79. The van der Waals surface area contributed by atoms with Crippen LogP contribution in [0.2, 0.25) is 0 Å². The Bertz CT molecular complexity index is 402. The summed E-state index contributed by atoms with van der Waals surface area (Å²) in [5.74, 6) is 0.921. The summed E-state index contributed by atoms with van der Waals surface area (Å²) in [7, 11) is 0. The molecule has 2 rings (SSSR count). The van der Waals surface area contributed by atoms with Crippen molar-refractivity contribution in [2.24, 2.45) is 5.92 Å². The number of nitrogens with zero attached hydrogens (tertiary/aromatic N) is 1. The van der Waals surface area contributed by atoms with E-state index >= 15 is 0 Å². The van der Waals surface area contributed by atoms with Crippen molar-refractivity contribution in [2.45, 2.75) is 32.6 Å². The quantitative estimate of drug-likeness (QED) is 0.728. The van der Waals surface area contributed by atoms with Gasteiger partial charge in [0.15, 0.2) is 0 Å². The molecule has 0 spiro atoms. The maximum absolute atomic E-state index is 12.0. The highest BCUT2D eigenvalue weighted by molar-refractivity contribution is 5.99. The molecule has 2 N–H and O–H groups in total. The lowest BCUT2D eigenvalue weighted by Crippen LogP contribution is -2.25. The molecule has 0 unspecified atom stereocenters. The van der Waals surface area contributed by atoms with E-state index in [4.69, 9.17) is 0 Å². The van der Waals surface area contributed by atoms with Gasteiger partial charge in [0.2, 0.25) is 0 Å². The number of nitrogens with one attached hydrogen (secondary N) is 2. The molecule has 0 aromatic carbocycles. The van der Waals surface area contributed by atoms with Crippen molar-refractivity contribution in [3.8, 4) is 0 Å². The van der Waals surface area contributed by atoms with Crippen molar-refractivity contribution < 1.29 is 4.79 Å². The van der Waals surface area contributed by atoms with Crippen LogP contribution < -0.4 is 10.6 Å². The molecule has 18 heavy (non-hydrogen) atoms. The second kappa shape index (κ2) is 6.38. The monoisotopic (exact) mass is 247 g/mol. The highest BCUT2D eigenvalue weighted by atomic mass is 16.1. The second-order valence-electron chi connectivity index (χ2n) is 4.79. The van der Waals surface area contributed by atoms with E-state index in [1.165, 1.54) is 19.3 Å². The Kier molecular flexibility index (Phi) is 4.56. The largest absolute Gasteiger partial charge is 0.383 e. The predicted octanol–water partition coefficient (Wildman–Crippen LogP) is 2.43. The fourth-order valence-corrected chi connectivity index (χ4v) is 2.02. The van der Waals surface area contributed by atoms with Gasteiger partial charge < -0.3 is 10.6 Å². The van der Waals surface area contributed by atoms with Crippen LogP contribution in [0, 0.1) is 5.92 Å². The minimum atomic E-state index is -0.0100. The van der Waals surface area contributed by atoms with E-state index < -0.39 is 0 Å². The van der Waals surface area contributed by atoms with Gasteiger partial charge in [0, 0.05) is 19.3 Å². The topological polar surface area (TPSA) is 54.0 Å². The van der Waals surface area contributed by atoms with Crippen LogP contribution in [0.5, 0.6) is 0 Å². The van der Waals surface area contributed by atoms with Gasteiger partial charge in [-0.25, -0.2) is 0 Å². The number of hydrogen-bond donors (Lipinski definition) is 2. The molecule has 1 aromatic heterocycles. The Labute approximate surface area is 108 Å². The summed E-state index contributed by atoms with van der Waals surface area (Å²) >= 11 is 0. The number of carbonyl (C=O) groups excluding carboxylic acids is 1. The summed E-state index contributed by atoms with van der Waals surface area (Å²) in [5, 5.41) is 6.13. The van der Waals surface area contributed by atoms with Crippen LogP contribution >= 0.6 is 0 Å². The molecule has 4 heteroatoms.